The van der Waals surface area contributed by atoms with E-state index in [1.165, 1.54) is 13.0 Å². The molecule has 0 spiro atoms. The molecule has 1 nitrogen and oxygen atoms in total. The van der Waals surface area contributed by atoms with Gasteiger partial charge in [0.15, 0.2) is 0 Å². The van der Waals surface area contributed by atoms with Crippen LogP contribution in [-0.4, -0.2) is 13.1 Å². The lowest BCUT2D eigenvalue weighted by atomic mass is 9.86. The third-order valence-corrected chi connectivity index (χ3v) is 2.84. The Labute approximate surface area is 77.9 Å². The lowest BCUT2D eigenvalue weighted by Gasteiger charge is -2.23. The second-order valence-electron chi connectivity index (χ2n) is 4.28. The van der Waals surface area contributed by atoms with Crippen molar-refractivity contribution >= 4 is 0 Å². The molecule has 12 heavy (non-hydrogen) atoms. The molecule has 0 heterocycles. The van der Waals surface area contributed by atoms with E-state index in [-0.39, 0.29) is 0 Å². The van der Waals surface area contributed by atoms with Gasteiger partial charge in [0.1, 0.15) is 0 Å². The van der Waals surface area contributed by atoms with Crippen LogP contribution in [-0.2, 0) is 0 Å². The molecule has 1 N–H and O–H groups in total. The van der Waals surface area contributed by atoms with E-state index in [9.17, 15) is 0 Å². The summed E-state index contributed by atoms with van der Waals surface area (Å²) in [5.74, 6) is 2.44. The second kappa shape index (κ2) is 6.47. The summed E-state index contributed by atoms with van der Waals surface area (Å²) in [5.41, 5.74) is 0. The molecule has 0 aliphatic heterocycles. The van der Waals surface area contributed by atoms with E-state index in [0.29, 0.717) is 0 Å². The summed E-state index contributed by atoms with van der Waals surface area (Å²) in [6, 6.07) is 0. The second-order valence-corrected chi connectivity index (χ2v) is 4.28. The molecule has 0 aliphatic carbocycles. The van der Waals surface area contributed by atoms with E-state index in [1.54, 1.807) is 0 Å². The molecule has 0 aromatic heterocycles. The number of hydrogen-bond donors (Lipinski definition) is 1. The van der Waals surface area contributed by atoms with Crippen LogP contribution in [0.3, 0.4) is 0 Å². The van der Waals surface area contributed by atoms with E-state index < -0.39 is 0 Å². The molecule has 2 unspecified atom stereocenters. The van der Waals surface area contributed by atoms with Crippen molar-refractivity contribution in [2.75, 3.05) is 13.1 Å². The number of hydrogen-bond acceptors (Lipinski definition) is 1. The highest BCUT2D eigenvalue weighted by Crippen LogP contribution is 2.18. The van der Waals surface area contributed by atoms with Crippen molar-refractivity contribution in [3.63, 3.8) is 0 Å². The lowest BCUT2D eigenvalue weighted by molar-refractivity contribution is 0.287. The summed E-state index contributed by atoms with van der Waals surface area (Å²) in [4.78, 5) is 0. The first-order valence-corrected chi connectivity index (χ1v) is 5.30. The van der Waals surface area contributed by atoms with Gasteiger partial charge in [-0.1, -0.05) is 34.6 Å². The Bertz CT molecular complexity index is 99.2. The maximum Gasteiger partial charge on any atom is -0.00205 e. The van der Waals surface area contributed by atoms with Crippen LogP contribution in [0.2, 0.25) is 0 Å². The van der Waals surface area contributed by atoms with Gasteiger partial charge in [-0.25, -0.2) is 0 Å². The molecule has 0 saturated carbocycles. The standard InChI is InChI=1S/C11H25N/c1-6-7-12-8-10(4)11(5)9(2)3/h9-12H,6-8H2,1-5H3. The summed E-state index contributed by atoms with van der Waals surface area (Å²) in [5, 5.41) is 3.47. The Morgan fingerprint density at radius 2 is 1.67 bits per heavy atom. The van der Waals surface area contributed by atoms with Gasteiger partial charge in [0.05, 0.1) is 0 Å². The highest BCUT2D eigenvalue weighted by Gasteiger charge is 2.14. The Hall–Kier alpha value is -0.0400. The maximum absolute atomic E-state index is 3.47. The van der Waals surface area contributed by atoms with Gasteiger partial charge in [-0.2, -0.15) is 0 Å². The Kier molecular flexibility index (Phi) is 6.45. The summed E-state index contributed by atoms with van der Waals surface area (Å²) >= 11 is 0. The normalized spacial score (nSPS) is 16.5. The molecular formula is C11H25N. The van der Waals surface area contributed by atoms with Crippen LogP contribution >= 0.6 is 0 Å². The topological polar surface area (TPSA) is 12.0 Å². The molecule has 0 bridgehead atoms. The van der Waals surface area contributed by atoms with Gasteiger partial charge >= 0.3 is 0 Å². The first-order chi connectivity index (χ1) is 5.59. The smallest absolute Gasteiger partial charge is 0.00205 e. The molecule has 0 aliphatic rings. The van der Waals surface area contributed by atoms with E-state index in [0.717, 1.165) is 24.3 Å². The Balaban J connectivity index is 3.49. The van der Waals surface area contributed by atoms with Crippen LogP contribution in [0.25, 0.3) is 0 Å². The first-order valence-electron chi connectivity index (χ1n) is 5.30. The average molecular weight is 171 g/mol. The molecule has 0 saturated heterocycles. The molecule has 0 aromatic rings. The fourth-order valence-electron chi connectivity index (χ4n) is 1.35. The molecule has 1 heteroatoms. The van der Waals surface area contributed by atoms with E-state index >= 15 is 0 Å². The van der Waals surface area contributed by atoms with Gasteiger partial charge in [-0.15, -0.1) is 0 Å². The third kappa shape index (κ3) is 4.76. The number of nitrogens with one attached hydrogen (secondary N) is 1. The average Bonchev–Trinajstić information content (AvgIpc) is 2.03. The molecule has 74 valence electrons. The molecule has 0 rings (SSSR count). The van der Waals surface area contributed by atoms with Crippen LogP contribution in [0.15, 0.2) is 0 Å². The predicted molar refractivity (Wildman–Crippen MR) is 56.3 cm³/mol. The van der Waals surface area contributed by atoms with Crippen molar-refractivity contribution in [3.8, 4) is 0 Å². The maximum atomic E-state index is 3.47. The predicted octanol–water partition coefficient (Wildman–Crippen LogP) is 2.91. The molecule has 0 radical (unpaired) electrons. The lowest BCUT2D eigenvalue weighted by Crippen LogP contribution is -2.27. The van der Waals surface area contributed by atoms with Gasteiger partial charge in [-0.3, -0.25) is 0 Å². The van der Waals surface area contributed by atoms with Gasteiger partial charge in [-0.05, 0) is 37.3 Å². The van der Waals surface area contributed by atoms with Crippen molar-refractivity contribution in [1.29, 1.82) is 0 Å². The van der Waals surface area contributed by atoms with Gasteiger partial charge in [0.2, 0.25) is 0 Å². The summed E-state index contributed by atoms with van der Waals surface area (Å²) in [7, 11) is 0. The molecule has 0 fully saturated rings. The van der Waals surface area contributed by atoms with Crippen LogP contribution in [0.1, 0.15) is 41.0 Å². The third-order valence-electron chi connectivity index (χ3n) is 2.84. The van der Waals surface area contributed by atoms with Crippen LogP contribution in [0.5, 0.6) is 0 Å². The zero-order valence-electron chi connectivity index (χ0n) is 9.35. The van der Waals surface area contributed by atoms with Crippen molar-refractivity contribution in [3.05, 3.63) is 0 Å². The fourth-order valence-corrected chi connectivity index (χ4v) is 1.35. The zero-order valence-corrected chi connectivity index (χ0v) is 9.35. The van der Waals surface area contributed by atoms with Gasteiger partial charge < -0.3 is 5.32 Å². The highest BCUT2D eigenvalue weighted by atomic mass is 14.8. The number of rotatable bonds is 6. The zero-order chi connectivity index (χ0) is 9.56. The van der Waals surface area contributed by atoms with Crippen LogP contribution < -0.4 is 5.32 Å². The molecule has 0 amide bonds. The van der Waals surface area contributed by atoms with Crippen molar-refractivity contribution in [2.45, 2.75) is 41.0 Å². The summed E-state index contributed by atoms with van der Waals surface area (Å²) < 4.78 is 0. The van der Waals surface area contributed by atoms with E-state index in [2.05, 4.69) is 39.9 Å². The van der Waals surface area contributed by atoms with Crippen LogP contribution in [0, 0.1) is 17.8 Å². The van der Waals surface area contributed by atoms with Crippen LogP contribution in [0.4, 0.5) is 0 Å². The molecule has 2 atom stereocenters. The highest BCUT2D eigenvalue weighted by molar-refractivity contribution is 4.67. The van der Waals surface area contributed by atoms with Crippen molar-refractivity contribution < 1.29 is 0 Å². The van der Waals surface area contributed by atoms with E-state index in [4.69, 9.17) is 0 Å². The van der Waals surface area contributed by atoms with E-state index in [1.807, 2.05) is 0 Å². The Morgan fingerprint density at radius 1 is 1.08 bits per heavy atom. The Morgan fingerprint density at radius 3 is 2.08 bits per heavy atom. The van der Waals surface area contributed by atoms with Gasteiger partial charge in [0.25, 0.3) is 0 Å². The van der Waals surface area contributed by atoms with Crippen molar-refractivity contribution in [1.82, 2.24) is 5.32 Å². The molecule has 0 aromatic carbocycles. The van der Waals surface area contributed by atoms with Crippen molar-refractivity contribution in [2.24, 2.45) is 17.8 Å². The minimum absolute atomic E-state index is 0.802. The SMILES string of the molecule is CCCNCC(C)C(C)C(C)C. The largest absolute Gasteiger partial charge is 0.316 e. The monoisotopic (exact) mass is 171 g/mol. The molecular weight excluding hydrogens is 146 g/mol. The fraction of sp³-hybridized carbons (Fsp3) is 1.00. The first kappa shape index (κ1) is 12.0. The summed E-state index contributed by atoms with van der Waals surface area (Å²) in [6.07, 6.45) is 1.24. The van der Waals surface area contributed by atoms with Gasteiger partial charge in [0, 0.05) is 0 Å². The summed E-state index contributed by atoms with van der Waals surface area (Å²) in [6.45, 7) is 13.9. The minimum atomic E-state index is 0.802. The quantitative estimate of drug-likeness (QED) is 0.606. The minimum Gasteiger partial charge on any atom is -0.316 e.